The van der Waals surface area contributed by atoms with Crippen molar-refractivity contribution in [2.75, 3.05) is 0 Å². The van der Waals surface area contributed by atoms with Gasteiger partial charge in [0.05, 0.1) is 5.92 Å². The first kappa shape index (κ1) is 20.4. The van der Waals surface area contributed by atoms with E-state index in [1.807, 2.05) is 44.2 Å². The van der Waals surface area contributed by atoms with Gasteiger partial charge in [0, 0.05) is 0 Å². The van der Waals surface area contributed by atoms with E-state index in [1.165, 1.54) is 17.7 Å². The van der Waals surface area contributed by atoms with Crippen LogP contribution in [0.2, 0.25) is 0 Å². The predicted molar refractivity (Wildman–Crippen MR) is 113 cm³/mol. The second-order valence-corrected chi connectivity index (χ2v) is 9.61. The van der Waals surface area contributed by atoms with Gasteiger partial charge in [-0.2, -0.15) is 0 Å². The lowest BCUT2D eigenvalue weighted by atomic mass is 9.94. The summed E-state index contributed by atoms with van der Waals surface area (Å²) in [4.78, 5) is 12.9. The molecule has 1 saturated carbocycles. The highest BCUT2D eigenvalue weighted by Crippen LogP contribution is 2.60. The predicted octanol–water partition coefficient (Wildman–Crippen LogP) is 6.73. The lowest BCUT2D eigenvalue weighted by Crippen LogP contribution is -2.14. The minimum absolute atomic E-state index is 0.00772. The Hall–Kier alpha value is -1.84. The van der Waals surface area contributed by atoms with Crippen LogP contribution in [0.15, 0.2) is 59.1 Å². The molecular weight excluding hydrogens is 410 g/mol. The van der Waals surface area contributed by atoms with Crippen LogP contribution in [0.4, 0.5) is 4.39 Å². The van der Waals surface area contributed by atoms with Gasteiger partial charge in [0.2, 0.25) is 0 Å². The standard InChI is InChI=1S/C24H23Cl2FO2/c1-24(2)19(13-21(25)26)22(24)23(28)29-20-12-15(17-5-3-4-6-18(17)20)11-14-7-9-16(27)10-8-14/h3-10,13,15,19-20,22H,11-12H2,1-2H3/t15-,19-,20-,22-/m1/s1. The minimum atomic E-state index is -0.267. The van der Waals surface area contributed by atoms with Crippen LogP contribution in [0.25, 0.3) is 0 Å². The van der Waals surface area contributed by atoms with Gasteiger partial charge >= 0.3 is 5.97 Å². The molecule has 0 radical (unpaired) electrons. The number of esters is 1. The Morgan fingerprint density at radius 2 is 1.79 bits per heavy atom. The normalized spacial score (nSPS) is 26.5. The van der Waals surface area contributed by atoms with E-state index in [4.69, 9.17) is 27.9 Å². The van der Waals surface area contributed by atoms with Crippen molar-refractivity contribution in [3.63, 3.8) is 0 Å². The summed E-state index contributed by atoms with van der Waals surface area (Å²) < 4.78 is 19.4. The number of carbonyl (C=O) groups excluding carboxylic acids is 1. The molecule has 0 aromatic heterocycles. The van der Waals surface area contributed by atoms with E-state index in [2.05, 4.69) is 6.07 Å². The first-order valence-electron chi connectivity index (χ1n) is 9.84. The van der Waals surface area contributed by atoms with Crippen LogP contribution in [0.5, 0.6) is 0 Å². The van der Waals surface area contributed by atoms with Crippen LogP contribution in [0.1, 0.15) is 49.0 Å². The van der Waals surface area contributed by atoms with E-state index in [0.29, 0.717) is 0 Å². The molecule has 0 N–H and O–H groups in total. The number of fused-ring (bicyclic) bond motifs is 1. The fourth-order valence-electron chi connectivity index (χ4n) is 4.69. The third-order valence-electron chi connectivity index (χ3n) is 6.41. The van der Waals surface area contributed by atoms with Gasteiger partial charge < -0.3 is 4.74 Å². The molecular formula is C24H23Cl2FO2. The molecule has 29 heavy (non-hydrogen) atoms. The number of allylic oxidation sites excluding steroid dienone is 1. The summed E-state index contributed by atoms with van der Waals surface area (Å²) >= 11 is 11.6. The Labute approximate surface area is 180 Å². The highest BCUT2D eigenvalue weighted by Gasteiger charge is 2.62. The first-order valence-corrected chi connectivity index (χ1v) is 10.6. The van der Waals surface area contributed by atoms with Gasteiger partial charge in [-0.25, -0.2) is 4.39 Å². The molecule has 2 aromatic rings. The smallest absolute Gasteiger partial charge is 0.310 e. The summed E-state index contributed by atoms with van der Waals surface area (Å²) in [7, 11) is 0. The zero-order valence-electron chi connectivity index (χ0n) is 16.4. The van der Waals surface area contributed by atoms with Crippen molar-refractivity contribution in [2.45, 2.75) is 38.7 Å². The number of ether oxygens (including phenoxy) is 1. The largest absolute Gasteiger partial charge is 0.457 e. The van der Waals surface area contributed by atoms with Crippen LogP contribution in [0.3, 0.4) is 0 Å². The van der Waals surface area contributed by atoms with E-state index in [9.17, 15) is 9.18 Å². The molecule has 0 unspecified atom stereocenters. The van der Waals surface area contributed by atoms with E-state index >= 15 is 0 Å². The van der Waals surface area contributed by atoms with Crippen molar-refractivity contribution >= 4 is 29.2 Å². The fraction of sp³-hybridized carbons (Fsp3) is 0.375. The van der Waals surface area contributed by atoms with Crippen LogP contribution in [0, 0.1) is 23.1 Å². The molecule has 2 aliphatic carbocycles. The summed E-state index contributed by atoms with van der Waals surface area (Å²) in [6, 6.07) is 14.7. The topological polar surface area (TPSA) is 26.3 Å². The second-order valence-electron chi connectivity index (χ2n) is 8.60. The average molecular weight is 433 g/mol. The molecule has 0 saturated heterocycles. The van der Waals surface area contributed by atoms with E-state index in [0.717, 1.165) is 24.0 Å². The third-order valence-corrected chi connectivity index (χ3v) is 6.66. The van der Waals surface area contributed by atoms with Gasteiger partial charge in [-0.15, -0.1) is 0 Å². The van der Waals surface area contributed by atoms with Crippen molar-refractivity contribution in [3.8, 4) is 0 Å². The zero-order valence-corrected chi connectivity index (χ0v) is 17.9. The summed E-state index contributed by atoms with van der Waals surface area (Å²) in [5.41, 5.74) is 3.12. The third kappa shape index (κ3) is 4.08. The highest BCUT2D eigenvalue weighted by molar-refractivity contribution is 6.55. The Balaban J connectivity index is 1.50. The number of hydrogen-bond acceptors (Lipinski definition) is 2. The molecule has 1 fully saturated rings. The van der Waals surface area contributed by atoms with Gasteiger partial charge in [-0.1, -0.05) is 73.4 Å². The van der Waals surface area contributed by atoms with E-state index < -0.39 is 0 Å². The number of hydrogen-bond donors (Lipinski definition) is 0. The summed E-state index contributed by atoms with van der Waals surface area (Å²) in [6.45, 7) is 4.05. The fourth-order valence-corrected chi connectivity index (χ4v) is 4.96. The molecule has 0 heterocycles. The van der Waals surface area contributed by atoms with E-state index in [-0.39, 0.29) is 45.6 Å². The van der Waals surface area contributed by atoms with Gasteiger partial charge in [0.25, 0.3) is 0 Å². The van der Waals surface area contributed by atoms with Gasteiger partial charge in [0.1, 0.15) is 16.4 Å². The number of halogens is 3. The highest BCUT2D eigenvalue weighted by atomic mass is 35.5. The second kappa shape index (κ2) is 7.77. The molecule has 5 heteroatoms. The molecule has 0 aliphatic heterocycles. The SMILES string of the molecule is CC1(C)[C@H](C=C(Cl)Cl)[C@@H]1C(=O)O[C@@H]1C[C@@H](Cc2ccc(F)cc2)c2ccccc21. The van der Waals surface area contributed by atoms with Crippen molar-refractivity contribution in [2.24, 2.45) is 17.3 Å². The quantitative estimate of drug-likeness (QED) is 0.489. The summed E-state index contributed by atoms with van der Waals surface area (Å²) in [5, 5.41) is 0. The first-order chi connectivity index (χ1) is 13.8. The Kier molecular flexibility index (Phi) is 5.48. The monoisotopic (exact) mass is 432 g/mol. The maximum Gasteiger partial charge on any atom is 0.310 e. The molecule has 2 aromatic carbocycles. The lowest BCUT2D eigenvalue weighted by molar-refractivity contribution is -0.152. The molecule has 0 bridgehead atoms. The Morgan fingerprint density at radius 1 is 1.14 bits per heavy atom. The number of benzene rings is 2. The summed E-state index contributed by atoms with van der Waals surface area (Å²) in [6.07, 6.45) is 2.98. The zero-order chi connectivity index (χ0) is 20.8. The molecule has 4 rings (SSSR count). The van der Waals surface area contributed by atoms with Crippen molar-refractivity contribution in [1.29, 1.82) is 0 Å². The lowest BCUT2D eigenvalue weighted by Gasteiger charge is -2.15. The summed E-state index contributed by atoms with van der Waals surface area (Å²) in [5.74, 6) is -0.451. The van der Waals surface area contributed by atoms with E-state index in [1.54, 1.807) is 6.08 Å². The maximum atomic E-state index is 13.2. The average Bonchev–Trinajstić information content (AvgIpc) is 3.03. The van der Waals surface area contributed by atoms with Crippen molar-refractivity contribution in [1.82, 2.24) is 0 Å². The Bertz CT molecular complexity index is 948. The molecule has 2 nitrogen and oxygen atoms in total. The molecule has 0 spiro atoms. The van der Waals surface area contributed by atoms with Crippen LogP contribution in [-0.4, -0.2) is 5.97 Å². The van der Waals surface area contributed by atoms with Crippen molar-refractivity contribution < 1.29 is 13.9 Å². The molecule has 0 amide bonds. The molecule has 152 valence electrons. The van der Waals surface area contributed by atoms with Crippen LogP contribution < -0.4 is 0 Å². The molecule has 2 aliphatic rings. The number of carbonyl (C=O) groups is 1. The van der Waals surface area contributed by atoms with Gasteiger partial charge in [-0.05, 0) is 65.0 Å². The maximum absolute atomic E-state index is 13.2. The van der Waals surface area contributed by atoms with Crippen LogP contribution in [-0.2, 0) is 16.0 Å². The van der Waals surface area contributed by atoms with Crippen molar-refractivity contribution in [3.05, 3.63) is 81.6 Å². The van der Waals surface area contributed by atoms with Gasteiger partial charge in [-0.3, -0.25) is 4.79 Å². The minimum Gasteiger partial charge on any atom is -0.457 e. The molecule has 4 atom stereocenters. The Morgan fingerprint density at radius 3 is 2.45 bits per heavy atom. The van der Waals surface area contributed by atoms with Gasteiger partial charge in [0.15, 0.2) is 0 Å². The number of rotatable bonds is 5. The van der Waals surface area contributed by atoms with Crippen LogP contribution >= 0.6 is 23.2 Å².